The molecular formula is C16H33BrMg. The summed E-state index contributed by atoms with van der Waals surface area (Å²) in [5.74, 6) is 0.725. The minimum absolute atomic E-state index is 0. The third kappa shape index (κ3) is 19.6. The van der Waals surface area contributed by atoms with Gasteiger partial charge in [-0.2, -0.15) is 5.92 Å². The molecule has 0 fully saturated rings. The summed E-state index contributed by atoms with van der Waals surface area (Å²) in [6.45, 7) is 8.83. The van der Waals surface area contributed by atoms with Crippen molar-refractivity contribution in [2.45, 2.75) is 90.9 Å². The monoisotopic (exact) mass is 328 g/mol. The Morgan fingerprint density at radius 2 is 1.00 bits per heavy atom. The Kier molecular flexibility index (Phi) is 27.7. The van der Waals surface area contributed by atoms with Gasteiger partial charge in [-0.05, 0) is 0 Å². The minimum atomic E-state index is 0. The molecule has 0 aliphatic rings. The van der Waals surface area contributed by atoms with Crippen LogP contribution in [0.1, 0.15) is 90.9 Å². The molecule has 0 saturated heterocycles. The Morgan fingerprint density at radius 3 is 1.44 bits per heavy atom. The standard InChI is InChI=1S/C16H33.BrH.Mg/c1-4-6-8-10-11-13-15-16(3)14-12-9-7-5-2;;/h16H,3-15H2,1-2H3;1H;/q-1;;+2/p-1. The maximum atomic E-state index is 4.27. The van der Waals surface area contributed by atoms with Gasteiger partial charge in [-0.1, -0.05) is 90.9 Å². The van der Waals surface area contributed by atoms with E-state index >= 15 is 0 Å². The van der Waals surface area contributed by atoms with Gasteiger partial charge in [-0.25, -0.2) is 0 Å². The first-order valence-corrected chi connectivity index (χ1v) is 7.64. The molecule has 2 heteroatoms. The van der Waals surface area contributed by atoms with Crippen LogP contribution < -0.4 is 17.0 Å². The zero-order valence-corrected chi connectivity index (χ0v) is 15.9. The van der Waals surface area contributed by atoms with Gasteiger partial charge in [0.25, 0.3) is 0 Å². The molecular weight excluding hydrogens is 296 g/mol. The second kappa shape index (κ2) is 20.6. The normalized spacial score (nSPS) is 11.5. The number of halogens is 1. The van der Waals surface area contributed by atoms with Crippen LogP contribution >= 0.6 is 0 Å². The van der Waals surface area contributed by atoms with Crippen molar-refractivity contribution < 1.29 is 17.0 Å². The van der Waals surface area contributed by atoms with Crippen LogP contribution in [0.2, 0.25) is 0 Å². The van der Waals surface area contributed by atoms with Crippen molar-refractivity contribution in [2.75, 3.05) is 0 Å². The van der Waals surface area contributed by atoms with Crippen LogP contribution in [-0.2, 0) is 0 Å². The second-order valence-corrected chi connectivity index (χ2v) is 5.27. The van der Waals surface area contributed by atoms with E-state index in [1.165, 1.54) is 77.0 Å². The first-order chi connectivity index (χ1) is 7.81. The van der Waals surface area contributed by atoms with E-state index in [9.17, 15) is 0 Å². The van der Waals surface area contributed by atoms with Crippen LogP contribution in [0.4, 0.5) is 0 Å². The van der Waals surface area contributed by atoms with E-state index in [1.54, 1.807) is 0 Å². The Labute approximate surface area is 143 Å². The zero-order valence-electron chi connectivity index (χ0n) is 12.9. The SMILES string of the molecule is [Br-].[CH2-]C(CCCCCC)CCCCCCCC.[Mg+2]. The predicted octanol–water partition coefficient (Wildman–Crippen LogP) is 2.78. The summed E-state index contributed by atoms with van der Waals surface area (Å²) in [5, 5.41) is 0. The van der Waals surface area contributed by atoms with Gasteiger partial charge in [0.1, 0.15) is 0 Å². The van der Waals surface area contributed by atoms with Crippen molar-refractivity contribution in [3.63, 3.8) is 0 Å². The van der Waals surface area contributed by atoms with Crippen molar-refractivity contribution in [3.05, 3.63) is 6.92 Å². The topological polar surface area (TPSA) is 0 Å². The molecule has 0 bridgehead atoms. The number of unbranched alkanes of at least 4 members (excludes halogenated alkanes) is 8. The molecule has 0 aromatic rings. The van der Waals surface area contributed by atoms with E-state index in [2.05, 4.69) is 20.8 Å². The molecule has 0 aliphatic carbocycles. The van der Waals surface area contributed by atoms with Crippen LogP contribution in [-0.4, -0.2) is 23.1 Å². The third-order valence-electron chi connectivity index (χ3n) is 3.43. The fraction of sp³-hybridized carbons (Fsp3) is 0.938. The maximum absolute atomic E-state index is 4.27. The van der Waals surface area contributed by atoms with Crippen LogP contribution in [0.5, 0.6) is 0 Å². The van der Waals surface area contributed by atoms with E-state index in [0.29, 0.717) is 0 Å². The molecule has 1 atom stereocenters. The van der Waals surface area contributed by atoms with E-state index in [-0.39, 0.29) is 40.0 Å². The minimum Gasteiger partial charge on any atom is -1.00 e. The molecule has 0 amide bonds. The Hall–Kier alpha value is 1.25. The van der Waals surface area contributed by atoms with Gasteiger partial charge < -0.3 is 23.9 Å². The number of hydrogen-bond acceptors (Lipinski definition) is 0. The van der Waals surface area contributed by atoms with Crippen molar-refractivity contribution in [1.29, 1.82) is 0 Å². The zero-order chi connectivity index (χ0) is 12.1. The molecule has 0 N–H and O–H groups in total. The molecule has 0 saturated carbocycles. The molecule has 0 nitrogen and oxygen atoms in total. The summed E-state index contributed by atoms with van der Waals surface area (Å²) in [4.78, 5) is 0. The molecule has 0 spiro atoms. The molecule has 1 unspecified atom stereocenters. The van der Waals surface area contributed by atoms with Crippen molar-refractivity contribution >= 4 is 23.1 Å². The summed E-state index contributed by atoms with van der Waals surface area (Å²) in [6.07, 6.45) is 16.8. The van der Waals surface area contributed by atoms with E-state index in [4.69, 9.17) is 0 Å². The average molecular weight is 330 g/mol. The summed E-state index contributed by atoms with van der Waals surface area (Å²) < 4.78 is 0. The molecule has 18 heavy (non-hydrogen) atoms. The van der Waals surface area contributed by atoms with Gasteiger partial charge >= 0.3 is 23.1 Å². The van der Waals surface area contributed by atoms with Crippen molar-refractivity contribution in [1.82, 2.24) is 0 Å². The van der Waals surface area contributed by atoms with E-state index < -0.39 is 0 Å². The summed E-state index contributed by atoms with van der Waals surface area (Å²) in [6, 6.07) is 0. The Morgan fingerprint density at radius 1 is 0.667 bits per heavy atom. The molecule has 0 radical (unpaired) electrons. The smallest absolute Gasteiger partial charge is 1.00 e. The van der Waals surface area contributed by atoms with Crippen LogP contribution in [0.25, 0.3) is 0 Å². The summed E-state index contributed by atoms with van der Waals surface area (Å²) >= 11 is 0. The first-order valence-electron chi connectivity index (χ1n) is 7.64. The van der Waals surface area contributed by atoms with Crippen LogP contribution in [0, 0.1) is 12.8 Å². The van der Waals surface area contributed by atoms with Gasteiger partial charge in [-0.15, -0.1) is 0 Å². The van der Waals surface area contributed by atoms with Gasteiger partial charge in [0, 0.05) is 0 Å². The average Bonchev–Trinajstić information content (AvgIpc) is 2.29. The molecule has 0 aromatic carbocycles. The fourth-order valence-corrected chi connectivity index (χ4v) is 2.22. The molecule has 0 aromatic heterocycles. The van der Waals surface area contributed by atoms with Crippen molar-refractivity contribution in [3.8, 4) is 0 Å². The molecule has 106 valence electrons. The summed E-state index contributed by atoms with van der Waals surface area (Å²) in [7, 11) is 0. The Balaban J connectivity index is -0.00000112. The second-order valence-electron chi connectivity index (χ2n) is 5.27. The predicted molar refractivity (Wildman–Crippen MR) is 81.4 cm³/mol. The van der Waals surface area contributed by atoms with E-state index in [0.717, 1.165) is 5.92 Å². The number of hydrogen-bond donors (Lipinski definition) is 0. The van der Waals surface area contributed by atoms with Crippen LogP contribution in [0.3, 0.4) is 0 Å². The van der Waals surface area contributed by atoms with E-state index in [1.807, 2.05) is 0 Å². The molecule has 0 rings (SSSR count). The number of rotatable bonds is 12. The quantitative estimate of drug-likeness (QED) is 0.293. The first kappa shape index (κ1) is 24.3. The summed E-state index contributed by atoms with van der Waals surface area (Å²) in [5.41, 5.74) is 0. The fourth-order valence-electron chi connectivity index (χ4n) is 2.22. The van der Waals surface area contributed by atoms with Gasteiger partial charge in [-0.3, -0.25) is 0 Å². The molecule has 0 heterocycles. The van der Waals surface area contributed by atoms with Gasteiger partial charge in [0.05, 0.1) is 0 Å². The van der Waals surface area contributed by atoms with Gasteiger partial charge in [0.2, 0.25) is 0 Å². The van der Waals surface area contributed by atoms with Gasteiger partial charge in [0.15, 0.2) is 0 Å². The molecule has 0 aliphatic heterocycles. The largest absolute Gasteiger partial charge is 2.00 e. The maximum Gasteiger partial charge on any atom is 2.00 e. The van der Waals surface area contributed by atoms with Crippen molar-refractivity contribution in [2.24, 2.45) is 5.92 Å². The van der Waals surface area contributed by atoms with Crippen LogP contribution in [0.15, 0.2) is 0 Å². The Bertz CT molecular complexity index is 128. The third-order valence-corrected chi connectivity index (χ3v) is 3.43.